The monoisotopic (exact) mass is 308 g/mol. The van der Waals surface area contributed by atoms with Crippen LogP contribution < -0.4 is 5.73 Å². The van der Waals surface area contributed by atoms with Gasteiger partial charge in [0.05, 0.1) is 0 Å². The fraction of sp³-hybridized carbons (Fsp3) is 0.706. The second-order valence-corrected chi connectivity index (χ2v) is 12.4. The Morgan fingerprint density at radius 3 is 2.38 bits per heavy atom. The van der Waals surface area contributed by atoms with E-state index in [-0.39, 0.29) is 5.04 Å². The molecule has 120 valence electrons. The molecule has 0 atom stereocenters. The highest BCUT2D eigenvalue weighted by Gasteiger charge is 2.36. The Morgan fingerprint density at radius 1 is 1.29 bits per heavy atom. The molecule has 1 rings (SSSR count). The normalized spacial score (nSPS) is 13.0. The first-order valence-corrected chi connectivity index (χ1v) is 10.8. The maximum atomic E-state index is 6.28. The number of hydrogen-bond acceptors (Lipinski definition) is 3. The van der Waals surface area contributed by atoms with Crippen LogP contribution in [0.4, 0.5) is 0 Å². The number of hydrogen-bond donors (Lipinski definition) is 1. The van der Waals surface area contributed by atoms with Crippen LogP contribution >= 0.6 is 0 Å². The summed E-state index contributed by atoms with van der Waals surface area (Å²) < 4.78 is 6.28. The van der Waals surface area contributed by atoms with Crippen molar-refractivity contribution in [1.29, 1.82) is 0 Å². The molecule has 0 amide bonds. The van der Waals surface area contributed by atoms with Crippen LogP contribution in [-0.4, -0.2) is 19.9 Å². The van der Waals surface area contributed by atoms with Gasteiger partial charge in [-0.15, -0.1) is 0 Å². The molecule has 0 saturated carbocycles. The first-order chi connectivity index (χ1) is 9.60. The minimum atomic E-state index is -1.67. The molecule has 21 heavy (non-hydrogen) atoms. The van der Waals surface area contributed by atoms with Crippen molar-refractivity contribution >= 4 is 8.32 Å². The fourth-order valence-electron chi connectivity index (χ4n) is 2.15. The Labute approximate surface area is 131 Å². The van der Waals surface area contributed by atoms with Crippen LogP contribution in [0.5, 0.6) is 0 Å². The van der Waals surface area contributed by atoms with E-state index in [0.717, 1.165) is 18.7 Å². The molecule has 0 spiro atoms. The fourth-order valence-corrected chi connectivity index (χ4v) is 3.20. The van der Waals surface area contributed by atoms with Crippen molar-refractivity contribution in [2.24, 2.45) is 5.73 Å². The Balaban J connectivity index is 2.79. The summed E-state index contributed by atoms with van der Waals surface area (Å²) in [7, 11) is -1.67. The Kier molecular flexibility index (Phi) is 6.14. The molecule has 1 aromatic heterocycles. The van der Waals surface area contributed by atoms with E-state index in [1.807, 2.05) is 6.20 Å². The van der Waals surface area contributed by atoms with Crippen molar-refractivity contribution in [2.45, 2.75) is 71.6 Å². The second-order valence-electron chi connectivity index (χ2n) is 7.55. The van der Waals surface area contributed by atoms with Crippen LogP contribution in [0.1, 0.15) is 57.4 Å². The summed E-state index contributed by atoms with van der Waals surface area (Å²) in [6, 6.07) is 2.09. The van der Waals surface area contributed by atoms with E-state index < -0.39 is 8.32 Å². The van der Waals surface area contributed by atoms with Crippen molar-refractivity contribution in [3.05, 3.63) is 29.1 Å². The molecule has 2 N–H and O–H groups in total. The molecule has 1 heterocycles. The lowest BCUT2D eigenvalue weighted by atomic mass is 9.98. The van der Waals surface area contributed by atoms with Crippen LogP contribution in [0, 0.1) is 0 Å². The minimum Gasteiger partial charge on any atom is -0.416 e. The molecule has 4 heteroatoms. The van der Waals surface area contributed by atoms with E-state index in [0.29, 0.717) is 12.5 Å². The van der Waals surface area contributed by atoms with Gasteiger partial charge in [0.15, 0.2) is 8.32 Å². The minimum absolute atomic E-state index is 0.255. The molecule has 0 aliphatic carbocycles. The predicted octanol–water partition coefficient (Wildman–Crippen LogP) is 4.23. The van der Waals surface area contributed by atoms with E-state index in [4.69, 9.17) is 10.2 Å². The van der Waals surface area contributed by atoms with E-state index in [1.54, 1.807) is 0 Å². The summed E-state index contributed by atoms with van der Waals surface area (Å²) in [5, 5.41) is 0.255. The van der Waals surface area contributed by atoms with Crippen molar-refractivity contribution in [3.63, 3.8) is 0 Å². The van der Waals surface area contributed by atoms with Crippen molar-refractivity contribution < 1.29 is 4.43 Å². The molecular weight excluding hydrogens is 276 g/mol. The third kappa shape index (κ3) is 4.63. The van der Waals surface area contributed by atoms with Crippen LogP contribution in [0.2, 0.25) is 18.1 Å². The Bertz CT molecular complexity index is 464. The number of pyridine rings is 1. The van der Waals surface area contributed by atoms with Gasteiger partial charge in [-0.05, 0) is 47.7 Å². The summed E-state index contributed by atoms with van der Waals surface area (Å²) in [4.78, 5) is 4.49. The highest BCUT2D eigenvalue weighted by Crippen LogP contribution is 2.36. The highest BCUT2D eigenvalue weighted by atomic mass is 28.4. The van der Waals surface area contributed by atoms with Crippen LogP contribution in [0.3, 0.4) is 0 Å². The van der Waals surface area contributed by atoms with Gasteiger partial charge in [-0.1, -0.05) is 34.6 Å². The van der Waals surface area contributed by atoms with Gasteiger partial charge in [-0.3, -0.25) is 4.98 Å². The lowest BCUT2D eigenvalue weighted by Crippen LogP contribution is -2.41. The predicted molar refractivity (Wildman–Crippen MR) is 93.1 cm³/mol. The molecular formula is C17H32N2OSi. The zero-order valence-corrected chi connectivity index (χ0v) is 15.8. The van der Waals surface area contributed by atoms with E-state index in [9.17, 15) is 0 Å². The first-order valence-electron chi connectivity index (χ1n) is 7.91. The molecule has 0 aliphatic heterocycles. The molecule has 0 radical (unpaired) electrons. The summed E-state index contributed by atoms with van der Waals surface area (Å²) in [6.45, 7) is 17.1. The average Bonchev–Trinajstić information content (AvgIpc) is 2.36. The second kappa shape index (κ2) is 7.03. The van der Waals surface area contributed by atoms with Gasteiger partial charge in [0, 0.05) is 25.0 Å². The number of nitrogens with two attached hydrogens (primary N) is 1. The van der Waals surface area contributed by atoms with Crippen molar-refractivity contribution in [2.75, 3.05) is 6.61 Å². The SMILES string of the molecule is CC(C)c1nccc(CCO[Si](C)(C)C(C)(C)C)c1CN. The maximum absolute atomic E-state index is 6.28. The first kappa shape index (κ1) is 18.3. The van der Waals surface area contributed by atoms with Gasteiger partial charge in [0.25, 0.3) is 0 Å². The van der Waals surface area contributed by atoms with Gasteiger partial charge in [-0.2, -0.15) is 0 Å². The Morgan fingerprint density at radius 2 is 1.90 bits per heavy atom. The van der Waals surface area contributed by atoms with Crippen molar-refractivity contribution in [3.8, 4) is 0 Å². The van der Waals surface area contributed by atoms with Gasteiger partial charge in [0.2, 0.25) is 0 Å². The smallest absolute Gasteiger partial charge is 0.191 e. The average molecular weight is 309 g/mol. The summed E-state index contributed by atoms with van der Waals surface area (Å²) in [6.07, 6.45) is 2.82. The zero-order chi connectivity index (χ0) is 16.3. The number of nitrogens with zero attached hydrogens (tertiary/aromatic N) is 1. The molecule has 0 unspecified atom stereocenters. The van der Waals surface area contributed by atoms with Crippen LogP contribution in [0.25, 0.3) is 0 Å². The standard InChI is InChI=1S/C17H32N2OSi/c1-13(2)16-15(12-18)14(8-10-19-16)9-11-20-21(6,7)17(3,4)5/h8,10,13H,9,11-12,18H2,1-7H3. The zero-order valence-electron chi connectivity index (χ0n) is 14.8. The van der Waals surface area contributed by atoms with Crippen molar-refractivity contribution in [1.82, 2.24) is 4.98 Å². The van der Waals surface area contributed by atoms with Gasteiger partial charge < -0.3 is 10.2 Å². The molecule has 0 aromatic carbocycles. The lowest BCUT2D eigenvalue weighted by Gasteiger charge is -2.36. The summed E-state index contributed by atoms with van der Waals surface area (Å²) in [5.74, 6) is 0.407. The van der Waals surface area contributed by atoms with E-state index in [2.05, 4.69) is 58.8 Å². The topological polar surface area (TPSA) is 48.1 Å². The van der Waals surface area contributed by atoms with Gasteiger partial charge in [-0.25, -0.2) is 0 Å². The lowest BCUT2D eigenvalue weighted by molar-refractivity contribution is 0.291. The Hall–Kier alpha value is -0.713. The molecule has 3 nitrogen and oxygen atoms in total. The molecule has 0 saturated heterocycles. The summed E-state index contributed by atoms with van der Waals surface area (Å²) >= 11 is 0. The van der Waals surface area contributed by atoms with Gasteiger partial charge >= 0.3 is 0 Å². The number of rotatable bonds is 6. The van der Waals surface area contributed by atoms with Crippen LogP contribution in [0.15, 0.2) is 12.3 Å². The largest absolute Gasteiger partial charge is 0.416 e. The number of aromatic nitrogens is 1. The van der Waals surface area contributed by atoms with E-state index >= 15 is 0 Å². The highest BCUT2D eigenvalue weighted by molar-refractivity contribution is 6.74. The maximum Gasteiger partial charge on any atom is 0.191 e. The third-order valence-electron chi connectivity index (χ3n) is 4.58. The molecule has 0 fully saturated rings. The van der Waals surface area contributed by atoms with Crippen LogP contribution in [-0.2, 0) is 17.4 Å². The quantitative estimate of drug-likeness (QED) is 0.800. The molecule has 0 aliphatic rings. The molecule has 0 bridgehead atoms. The molecule has 1 aromatic rings. The van der Waals surface area contributed by atoms with Gasteiger partial charge in [0.1, 0.15) is 0 Å². The third-order valence-corrected chi connectivity index (χ3v) is 9.12. The summed E-state index contributed by atoms with van der Waals surface area (Å²) in [5.41, 5.74) is 9.56. The van der Waals surface area contributed by atoms with E-state index in [1.165, 1.54) is 11.1 Å².